The summed E-state index contributed by atoms with van der Waals surface area (Å²) in [5.41, 5.74) is 13.9. The van der Waals surface area contributed by atoms with Crippen LogP contribution in [0, 0.1) is 6.92 Å². The molecule has 0 unspecified atom stereocenters. The van der Waals surface area contributed by atoms with Gasteiger partial charge in [0.05, 0.1) is 5.69 Å². The standard InChI is InChI=1S/C15H19Br2N5/c1-9-7-11(17)12(8-10(9)16)22-14(19)20-13(18)21-15(22)5-3-2-4-6-15/h7-8H,2-6H2,1H3,(H4,18,19,20,21). The lowest BCUT2D eigenvalue weighted by Crippen LogP contribution is -2.58. The maximum Gasteiger partial charge on any atom is 0.220 e. The number of aryl methyl sites for hydroxylation is 1. The molecule has 5 nitrogen and oxygen atoms in total. The Morgan fingerprint density at radius 2 is 1.77 bits per heavy atom. The lowest BCUT2D eigenvalue weighted by atomic mass is 9.87. The molecule has 7 heteroatoms. The van der Waals surface area contributed by atoms with Crippen LogP contribution >= 0.6 is 31.9 Å². The van der Waals surface area contributed by atoms with Crippen molar-refractivity contribution in [3.63, 3.8) is 0 Å². The fourth-order valence-electron chi connectivity index (χ4n) is 3.28. The van der Waals surface area contributed by atoms with Gasteiger partial charge in [-0.2, -0.15) is 4.99 Å². The molecule has 1 saturated carbocycles. The minimum atomic E-state index is -0.411. The Morgan fingerprint density at radius 1 is 1.09 bits per heavy atom. The van der Waals surface area contributed by atoms with E-state index in [1.54, 1.807) is 0 Å². The summed E-state index contributed by atoms with van der Waals surface area (Å²) in [6.07, 6.45) is 5.32. The average molecular weight is 429 g/mol. The minimum absolute atomic E-state index is 0.276. The number of guanidine groups is 2. The summed E-state index contributed by atoms with van der Waals surface area (Å²) < 4.78 is 2.01. The summed E-state index contributed by atoms with van der Waals surface area (Å²) in [5, 5.41) is 0. The Bertz CT molecular complexity index is 662. The minimum Gasteiger partial charge on any atom is -0.369 e. The molecule has 1 aromatic carbocycles. The molecule has 118 valence electrons. The van der Waals surface area contributed by atoms with E-state index in [4.69, 9.17) is 16.5 Å². The summed E-state index contributed by atoms with van der Waals surface area (Å²) in [4.78, 5) is 10.9. The molecule has 1 fully saturated rings. The SMILES string of the molecule is Cc1cc(Br)c(N2C(N)=NC(N)=NC23CCCCC3)cc1Br. The summed E-state index contributed by atoms with van der Waals surface area (Å²) in [7, 11) is 0. The first kappa shape index (κ1) is 15.8. The second-order valence-corrected chi connectivity index (χ2v) is 7.58. The van der Waals surface area contributed by atoms with Crippen molar-refractivity contribution in [3.05, 3.63) is 26.6 Å². The molecule has 1 aliphatic carbocycles. The first-order valence-corrected chi connectivity index (χ1v) is 8.97. The highest BCUT2D eigenvalue weighted by atomic mass is 79.9. The van der Waals surface area contributed by atoms with E-state index in [0.29, 0.717) is 5.96 Å². The Balaban J connectivity index is 2.14. The Hall–Kier alpha value is -1.08. The number of rotatable bonds is 1. The molecule has 1 aliphatic heterocycles. The molecule has 22 heavy (non-hydrogen) atoms. The van der Waals surface area contributed by atoms with Crippen molar-refractivity contribution in [1.29, 1.82) is 0 Å². The zero-order chi connectivity index (χ0) is 15.9. The molecule has 1 spiro atoms. The zero-order valence-electron chi connectivity index (χ0n) is 12.4. The highest BCUT2D eigenvalue weighted by Crippen LogP contribution is 2.43. The molecule has 0 aromatic heterocycles. The third-order valence-electron chi connectivity index (χ3n) is 4.32. The third-order valence-corrected chi connectivity index (χ3v) is 5.81. The molecule has 2 aliphatic rings. The first-order valence-electron chi connectivity index (χ1n) is 7.38. The van der Waals surface area contributed by atoms with Gasteiger partial charge in [-0.25, -0.2) is 4.99 Å². The van der Waals surface area contributed by atoms with Crippen molar-refractivity contribution < 1.29 is 0 Å². The van der Waals surface area contributed by atoms with Crippen molar-refractivity contribution in [3.8, 4) is 0 Å². The predicted octanol–water partition coefficient (Wildman–Crippen LogP) is 3.63. The van der Waals surface area contributed by atoms with Crippen LogP contribution in [0.3, 0.4) is 0 Å². The summed E-state index contributed by atoms with van der Waals surface area (Å²) >= 11 is 7.26. The van der Waals surface area contributed by atoms with Crippen molar-refractivity contribution in [2.75, 3.05) is 4.90 Å². The quantitative estimate of drug-likeness (QED) is 0.716. The van der Waals surface area contributed by atoms with Gasteiger partial charge in [-0.15, -0.1) is 0 Å². The van der Waals surface area contributed by atoms with E-state index < -0.39 is 5.66 Å². The number of halogens is 2. The molecule has 0 amide bonds. The maximum atomic E-state index is 6.24. The monoisotopic (exact) mass is 427 g/mol. The fraction of sp³-hybridized carbons (Fsp3) is 0.467. The molecule has 0 saturated heterocycles. The van der Waals surface area contributed by atoms with E-state index in [1.807, 2.05) is 4.90 Å². The maximum absolute atomic E-state index is 6.24. The molecule has 0 atom stereocenters. The lowest BCUT2D eigenvalue weighted by Gasteiger charge is -2.46. The third kappa shape index (κ3) is 2.65. The number of aliphatic imine (C=N–C) groups is 2. The van der Waals surface area contributed by atoms with Gasteiger partial charge in [-0.3, -0.25) is 4.90 Å². The van der Waals surface area contributed by atoms with Gasteiger partial charge < -0.3 is 11.5 Å². The van der Waals surface area contributed by atoms with Crippen LogP contribution in [0.2, 0.25) is 0 Å². The van der Waals surface area contributed by atoms with E-state index in [9.17, 15) is 0 Å². The van der Waals surface area contributed by atoms with Gasteiger partial charge in [-0.05, 0) is 66.2 Å². The van der Waals surface area contributed by atoms with Crippen LogP contribution in [-0.2, 0) is 0 Å². The number of nitrogens with two attached hydrogens (primary N) is 2. The lowest BCUT2D eigenvalue weighted by molar-refractivity contribution is 0.305. The van der Waals surface area contributed by atoms with E-state index in [1.165, 1.54) is 6.42 Å². The highest BCUT2D eigenvalue weighted by Gasteiger charge is 2.43. The zero-order valence-corrected chi connectivity index (χ0v) is 15.6. The Kier molecular flexibility index (Phi) is 4.20. The van der Waals surface area contributed by atoms with E-state index in [0.717, 1.165) is 45.9 Å². The normalized spacial score (nSPS) is 20.8. The molecule has 4 N–H and O–H groups in total. The van der Waals surface area contributed by atoms with Crippen LogP contribution < -0.4 is 16.4 Å². The van der Waals surface area contributed by atoms with Crippen LogP contribution in [0.4, 0.5) is 5.69 Å². The largest absolute Gasteiger partial charge is 0.369 e. The number of hydrogen-bond donors (Lipinski definition) is 2. The van der Waals surface area contributed by atoms with Crippen molar-refractivity contribution in [2.45, 2.75) is 44.7 Å². The first-order chi connectivity index (χ1) is 10.4. The number of benzene rings is 1. The predicted molar refractivity (Wildman–Crippen MR) is 98.1 cm³/mol. The van der Waals surface area contributed by atoms with E-state index in [-0.39, 0.29) is 5.96 Å². The van der Waals surface area contributed by atoms with E-state index >= 15 is 0 Å². The molecule has 0 bridgehead atoms. The van der Waals surface area contributed by atoms with Gasteiger partial charge in [0, 0.05) is 8.95 Å². The van der Waals surface area contributed by atoms with Crippen LogP contribution in [-0.4, -0.2) is 17.6 Å². The summed E-state index contributed by atoms with van der Waals surface area (Å²) in [5.74, 6) is 0.684. The molecule has 1 heterocycles. The number of anilines is 1. The van der Waals surface area contributed by atoms with Gasteiger partial charge in [0.2, 0.25) is 11.9 Å². The second kappa shape index (κ2) is 5.85. The van der Waals surface area contributed by atoms with Gasteiger partial charge >= 0.3 is 0 Å². The average Bonchev–Trinajstić information content (AvgIpc) is 2.44. The highest BCUT2D eigenvalue weighted by molar-refractivity contribution is 9.11. The van der Waals surface area contributed by atoms with Crippen LogP contribution in [0.5, 0.6) is 0 Å². The van der Waals surface area contributed by atoms with Crippen LogP contribution in [0.1, 0.15) is 37.7 Å². The molecular formula is C15H19Br2N5. The fourth-order valence-corrected chi connectivity index (χ4v) is 4.24. The summed E-state index contributed by atoms with van der Waals surface area (Å²) in [6.45, 7) is 2.05. The van der Waals surface area contributed by atoms with Crippen LogP contribution in [0.15, 0.2) is 31.1 Å². The van der Waals surface area contributed by atoms with Gasteiger partial charge in [0.15, 0.2) is 0 Å². The van der Waals surface area contributed by atoms with Crippen molar-refractivity contribution in [2.24, 2.45) is 21.5 Å². The van der Waals surface area contributed by atoms with Gasteiger partial charge in [0.25, 0.3) is 0 Å². The Morgan fingerprint density at radius 3 is 2.45 bits per heavy atom. The molecule has 3 rings (SSSR count). The smallest absolute Gasteiger partial charge is 0.220 e. The van der Waals surface area contributed by atoms with Crippen LogP contribution in [0.25, 0.3) is 0 Å². The van der Waals surface area contributed by atoms with Gasteiger partial charge in [0.1, 0.15) is 5.66 Å². The summed E-state index contributed by atoms with van der Waals surface area (Å²) in [6, 6.07) is 4.14. The van der Waals surface area contributed by atoms with Crippen molar-refractivity contribution >= 4 is 49.5 Å². The second-order valence-electron chi connectivity index (χ2n) is 5.87. The van der Waals surface area contributed by atoms with E-state index in [2.05, 4.69) is 55.9 Å². The number of hydrogen-bond acceptors (Lipinski definition) is 5. The molecular weight excluding hydrogens is 410 g/mol. The molecule has 0 radical (unpaired) electrons. The van der Waals surface area contributed by atoms with Crippen molar-refractivity contribution in [1.82, 2.24) is 0 Å². The Labute approximate surface area is 147 Å². The molecule has 1 aromatic rings. The number of nitrogens with zero attached hydrogens (tertiary/aromatic N) is 3. The topological polar surface area (TPSA) is 80.0 Å². The van der Waals surface area contributed by atoms with Gasteiger partial charge in [-0.1, -0.05) is 22.4 Å².